The molecule has 0 bridgehead atoms. The van der Waals surface area contributed by atoms with Crippen LogP contribution in [0.1, 0.15) is 24.9 Å². The van der Waals surface area contributed by atoms with Gasteiger partial charge in [-0.2, -0.15) is 10.2 Å². The summed E-state index contributed by atoms with van der Waals surface area (Å²) < 4.78 is 16.8. The van der Waals surface area contributed by atoms with E-state index in [1.54, 1.807) is 23.1 Å². The van der Waals surface area contributed by atoms with Crippen molar-refractivity contribution in [2.24, 2.45) is 4.99 Å². The van der Waals surface area contributed by atoms with Gasteiger partial charge in [-0.25, -0.2) is 18.7 Å². The number of rotatable bonds is 6. The van der Waals surface area contributed by atoms with Crippen LogP contribution in [0.2, 0.25) is 0 Å². The van der Waals surface area contributed by atoms with Crippen molar-refractivity contribution in [2.75, 3.05) is 13.1 Å². The zero-order valence-electron chi connectivity index (χ0n) is 16.4. The Balaban J connectivity index is 1.33. The summed E-state index contributed by atoms with van der Waals surface area (Å²) in [6, 6.07) is 8.53. The van der Waals surface area contributed by atoms with E-state index in [0.29, 0.717) is 6.54 Å². The van der Waals surface area contributed by atoms with Gasteiger partial charge in [0.25, 0.3) is 0 Å². The summed E-state index contributed by atoms with van der Waals surface area (Å²) in [5.41, 5.74) is 1.78. The van der Waals surface area contributed by atoms with Crippen LogP contribution in [0.4, 0.5) is 4.39 Å². The second-order valence-corrected chi connectivity index (χ2v) is 6.98. The van der Waals surface area contributed by atoms with Gasteiger partial charge in [0, 0.05) is 38.2 Å². The third-order valence-electron chi connectivity index (χ3n) is 4.86. The van der Waals surface area contributed by atoms with Gasteiger partial charge in [0.1, 0.15) is 18.0 Å². The lowest BCUT2D eigenvalue weighted by molar-refractivity contribution is 0.393. The Bertz CT molecular complexity index is 959. The SMILES string of the molecule is CCNC(=NCCc1ccn(-c2ccc(F)cc2)n1)NC1CCc2ncnn2C1. The van der Waals surface area contributed by atoms with E-state index in [-0.39, 0.29) is 11.9 Å². The molecule has 0 radical (unpaired) electrons. The fraction of sp³-hybridized carbons (Fsp3) is 0.400. The highest BCUT2D eigenvalue weighted by atomic mass is 19.1. The van der Waals surface area contributed by atoms with Crippen LogP contribution in [-0.2, 0) is 19.4 Å². The largest absolute Gasteiger partial charge is 0.357 e. The normalized spacial score (nSPS) is 16.5. The minimum atomic E-state index is -0.253. The lowest BCUT2D eigenvalue weighted by Gasteiger charge is -2.25. The Morgan fingerprint density at radius 1 is 1.28 bits per heavy atom. The summed E-state index contributed by atoms with van der Waals surface area (Å²) in [6.45, 7) is 4.27. The highest BCUT2D eigenvalue weighted by molar-refractivity contribution is 5.80. The number of benzene rings is 1. The fourth-order valence-electron chi connectivity index (χ4n) is 3.38. The molecule has 3 heterocycles. The summed E-state index contributed by atoms with van der Waals surface area (Å²) in [7, 11) is 0. The predicted molar refractivity (Wildman–Crippen MR) is 108 cm³/mol. The van der Waals surface area contributed by atoms with Gasteiger partial charge < -0.3 is 10.6 Å². The zero-order valence-corrected chi connectivity index (χ0v) is 16.4. The Morgan fingerprint density at radius 3 is 2.97 bits per heavy atom. The summed E-state index contributed by atoms with van der Waals surface area (Å²) in [4.78, 5) is 8.96. The highest BCUT2D eigenvalue weighted by Crippen LogP contribution is 2.11. The molecule has 152 valence electrons. The van der Waals surface area contributed by atoms with Crippen molar-refractivity contribution in [3.05, 3.63) is 60.2 Å². The van der Waals surface area contributed by atoms with E-state index in [9.17, 15) is 4.39 Å². The van der Waals surface area contributed by atoms with Gasteiger partial charge in [0.2, 0.25) is 0 Å². The Morgan fingerprint density at radius 2 is 2.14 bits per heavy atom. The first kappa shape index (κ1) is 19.1. The van der Waals surface area contributed by atoms with E-state index in [0.717, 1.165) is 55.5 Å². The van der Waals surface area contributed by atoms with Crippen molar-refractivity contribution in [1.82, 2.24) is 35.2 Å². The van der Waals surface area contributed by atoms with Crippen molar-refractivity contribution in [2.45, 2.75) is 38.8 Å². The maximum absolute atomic E-state index is 13.1. The maximum Gasteiger partial charge on any atom is 0.191 e. The Kier molecular flexibility index (Phi) is 5.83. The zero-order chi connectivity index (χ0) is 20.1. The summed E-state index contributed by atoms with van der Waals surface area (Å²) in [5.74, 6) is 1.60. The summed E-state index contributed by atoms with van der Waals surface area (Å²) in [6.07, 6.45) is 6.14. The van der Waals surface area contributed by atoms with Gasteiger partial charge in [-0.05, 0) is 43.7 Å². The molecule has 1 aliphatic heterocycles. The third-order valence-corrected chi connectivity index (χ3v) is 4.86. The van der Waals surface area contributed by atoms with Gasteiger partial charge >= 0.3 is 0 Å². The number of guanidine groups is 1. The lowest BCUT2D eigenvalue weighted by Crippen LogP contribution is -2.47. The first-order valence-corrected chi connectivity index (χ1v) is 9.93. The molecule has 0 aliphatic carbocycles. The number of hydrogen-bond acceptors (Lipinski definition) is 4. The lowest BCUT2D eigenvalue weighted by atomic mass is 10.1. The molecule has 1 aliphatic rings. The Labute approximate surface area is 168 Å². The monoisotopic (exact) mass is 396 g/mol. The van der Waals surface area contributed by atoms with Crippen LogP contribution in [-0.4, -0.2) is 49.6 Å². The molecule has 4 rings (SSSR count). The maximum atomic E-state index is 13.1. The highest BCUT2D eigenvalue weighted by Gasteiger charge is 2.20. The smallest absolute Gasteiger partial charge is 0.191 e. The fourth-order valence-corrected chi connectivity index (χ4v) is 3.38. The second-order valence-electron chi connectivity index (χ2n) is 6.98. The molecule has 0 saturated carbocycles. The second kappa shape index (κ2) is 8.85. The molecule has 0 fully saturated rings. The molecule has 0 spiro atoms. The van der Waals surface area contributed by atoms with E-state index in [2.05, 4.69) is 32.7 Å². The average molecular weight is 396 g/mol. The average Bonchev–Trinajstić information content (AvgIpc) is 3.38. The van der Waals surface area contributed by atoms with Gasteiger partial charge in [-0.1, -0.05) is 0 Å². The van der Waals surface area contributed by atoms with E-state index < -0.39 is 0 Å². The van der Waals surface area contributed by atoms with E-state index in [1.807, 2.05) is 16.9 Å². The number of hydrogen-bond donors (Lipinski definition) is 2. The van der Waals surface area contributed by atoms with Crippen LogP contribution in [0.5, 0.6) is 0 Å². The van der Waals surface area contributed by atoms with E-state index in [4.69, 9.17) is 4.99 Å². The van der Waals surface area contributed by atoms with Crippen LogP contribution in [0, 0.1) is 5.82 Å². The number of nitrogens with one attached hydrogen (secondary N) is 2. The minimum Gasteiger partial charge on any atom is -0.357 e. The molecule has 1 unspecified atom stereocenters. The third kappa shape index (κ3) is 4.79. The van der Waals surface area contributed by atoms with Crippen molar-refractivity contribution in [3.8, 4) is 5.69 Å². The molecular weight excluding hydrogens is 371 g/mol. The molecule has 2 aromatic heterocycles. The number of fused-ring (bicyclic) bond motifs is 1. The van der Waals surface area contributed by atoms with E-state index in [1.165, 1.54) is 12.1 Å². The summed E-state index contributed by atoms with van der Waals surface area (Å²) in [5, 5.41) is 15.6. The minimum absolute atomic E-state index is 0.253. The first-order valence-electron chi connectivity index (χ1n) is 9.93. The van der Waals surface area contributed by atoms with Crippen molar-refractivity contribution in [1.29, 1.82) is 0 Å². The molecule has 29 heavy (non-hydrogen) atoms. The van der Waals surface area contributed by atoms with Crippen LogP contribution in [0.3, 0.4) is 0 Å². The van der Waals surface area contributed by atoms with Crippen molar-refractivity contribution < 1.29 is 4.39 Å². The molecule has 3 aromatic rings. The van der Waals surface area contributed by atoms with Crippen molar-refractivity contribution >= 4 is 5.96 Å². The molecule has 0 saturated heterocycles. The molecule has 1 atom stereocenters. The number of aryl methyl sites for hydroxylation is 1. The molecule has 1 aromatic carbocycles. The number of nitrogens with zero attached hydrogens (tertiary/aromatic N) is 6. The molecule has 2 N–H and O–H groups in total. The van der Waals surface area contributed by atoms with Crippen LogP contribution in [0.25, 0.3) is 5.69 Å². The van der Waals surface area contributed by atoms with Gasteiger partial charge in [-0.15, -0.1) is 0 Å². The summed E-state index contributed by atoms with van der Waals surface area (Å²) >= 11 is 0. The first-order chi connectivity index (χ1) is 14.2. The Hall–Kier alpha value is -3.23. The molecule has 8 nitrogen and oxygen atoms in total. The molecule has 9 heteroatoms. The topological polar surface area (TPSA) is 84.9 Å². The standard InChI is InChI=1S/C20H25FN8/c1-2-22-20(26-17-5-8-19-24-14-25-29(19)13-17)23-11-9-16-10-12-28(27-16)18-6-3-15(21)4-7-18/h3-4,6-7,10,12,14,17H,2,5,8-9,11,13H2,1H3,(H2,22,23,26). The molecule has 0 amide bonds. The number of aromatic nitrogens is 5. The van der Waals surface area contributed by atoms with Gasteiger partial charge in [-0.3, -0.25) is 4.99 Å². The van der Waals surface area contributed by atoms with Gasteiger partial charge in [0.05, 0.1) is 17.9 Å². The quantitative estimate of drug-likeness (QED) is 0.490. The number of aliphatic imine (C=N–C) groups is 1. The van der Waals surface area contributed by atoms with Crippen LogP contribution >= 0.6 is 0 Å². The van der Waals surface area contributed by atoms with Gasteiger partial charge in [0.15, 0.2) is 5.96 Å². The van der Waals surface area contributed by atoms with Crippen LogP contribution < -0.4 is 10.6 Å². The number of halogens is 1. The van der Waals surface area contributed by atoms with Crippen molar-refractivity contribution in [3.63, 3.8) is 0 Å². The predicted octanol–water partition coefficient (Wildman–Crippen LogP) is 1.72. The van der Waals surface area contributed by atoms with Crippen LogP contribution in [0.15, 0.2) is 47.8 Å². The molecular formula is C20H25FN8. The van der Waals surface area contributed by atoms with E-state index >= 15 is 0 Å².